The first-order valence-electron chi connectivity index (χ1n) is 8.80. The summed E-state index contributed by atoms with van der Waals surface area (Å²) >= 11 is 12.5. The van der Waals surface area contributed by atoms with Crippen LogP contribution in [-0.4, -0.2) is 45.4 Å². The third-order valence-corrected chi connectivity index (χ3v) is 4.41. The van der Waals surface area contributed by atoms with E-state index < -0.39 is 11.8 Å². The summed E-state index contributed by atoms with van der Waals surface area (Å²) in [7, 11) is 2.96. The van der Waals surface area contributed by atoms with E-state index in [1.165, 1.54) is 20.4 Å². The summed E-state index contributed by atoms with van der Waals surface area (Å²) in [5.41, 5.74) is 3.46. The molecule has 2 aromatic rings. The molecule has 0 saturated carbocycles. The smallest absolute Gasteiger partial charge is 0.329 e. The molecule has 2 rings (SSSR count). The number of halogens is 2. The number of hydrazone groups is 1. The van der Waals surface area contributed by atoms with E-state index in [2.05, 4.69) is 15.8 Å². The van der Waals surface area contributed by atoms with Crippen LogP contribution in [0.15, 0.2) is 41.5 Å². The fourth-order valence-electron chi connectivity index (χ4n) is 2.28. The van der Waals surface area contributed by atoms with Crippen molar-refractivity contribution in [3.05, 3.63) is 57.6 Å². The van der Waals surface area contributed by atoms with Crippen LogP contribution in [0, 0.1) is 0 Å². The zero-order valence-corrected chi connectivity index (χ0v) is 17.9. The lowest BCUT2D eigenvalue weighted by Gasteiger charge is -2.14. The summed E-state index contributed by atoms with van der Waals surface area (Å²) in [5, 5.41) is 7.00. The van der Waals surface area contributed by atoms with Crippen LogP contribution in [0.1, 0.15) is 11.1 Å². The van der Waals surface area contributed by atoms with E-state index >= 15 is 0 Å². The third kappa shape index (κ3) is 6.91. The Kier molecular flexibility index (Phi) is 9.40. The van der Waals surface area contributed by atoms with E-state index in [1.54, 1.807) is 18.2 Å². The van der Waals surface area contributed by atoms with Crippen molar-refractivity contribution in [2.45, 2.75) is 6.61 Å². The number of hydrogen-bond donors (Lipinski definition) is 2. The summed E-state index contributed by atoms with van der Waals surface area (Å²) in [5.74, 6) is -0.999. The zero-order chi connectivity index (χ0) is 21.9. The van der Waals surface area contributed by atoms with Crippen LogP contribution in [0.3, 0.4) is 0 Å². The van der Waals surface area contributed by atoms with Gasteiger partial charge < -0.3 is 19.5 Å². The molecule has 160 valence electrons. The second-order valence-corrected chi connectivity index (χ2v) is 6.68. The molecule has 8 nitrogen and oxygen atoms in total. The Bertz CT molecular complexity index is 921. The molecule has 2 amide bonds. The largest absolute Gasteiger partial charge is 0.493 e. The van der Waals surface area contributed by atoms with Gasteiger partial charge in [-0.2, -0.15) is 5.10 Å². The number of amides is 2. The molecule has 10 heteroatoms. The van der Waals surface area contributed by atoms with E-state index in [0.717, 1.165) is 5.56 Å². The van der Waals surface area contributed by atoms with Crippen molar-refractivity contribution in [2.75, 3.05) is 27.4 Å². The molecule has 0 aliphatic heterocycles. The van der Waals surface area contributed by atoms with Crippen LogP contribution < -0.4 is 20.2 Å². The standard InChI is InChI=1S/C20H21Cl2N3O5/c1-28-8-7-23-19(26)20(27)25-24-11-13-9-16(22)18(17(10-13)29-2)30-12-14-5-3-4-6-15(14)21/h3-6,9-11H,7-8,12H2,1-2H3,(H,23,26)(H,25,27)/b24-11-. The number of benzene rings is 2. The number of hydrogen-bond acceptors (Lipinski definition) is 6. The van der Waals surface area contributed by atoms with Gasteiger partial charge in [0.1, 0.15) is 6.61 Å². The van der Waals surface area contributed by atoms with Crippen molar-refractivity contribution in [1.82, 2.24) is 10.7 Å². The predicted molar refractivity (Wildman–Crippen MR) is 114 cm³/mol. The second kappa shape index (κ2) is 12.0. The Morgan fingerprint density at radius 3 is 2.57 bits per heavy atom. The fourth-order valence-corrected chi connectivity index (χ4v) is 2.75. The minimum absolute atomic E-state index is 0.206. The number of nitrogens with zero attached hydrogens (tertiary/aromatic N) is 1. The van der Waals surface area contributed by atoms with Crippen molar-refractivity contribution >= 4 is 41.2 Å². The summed E-state index contributed by atoms with van der Waals surface area (Å²) in [6.45, 7) is 0.720. The molecule has 0 aliphatic rings. The van der Waals surface area contributed by atoms with Crippen molar-refractivity contribution in [3.8, 4) is 11.5 Å². The number of carbonyl (C=O) groups is 2. The molecule has 2 N–H and O–H groups in total. The lowest BCUT2D eigenvalue weighted by atomic mass is 10.2. The zero-order valence-electron chi connectivity index (χ0n) is 16.4. The van der Waals surface area contributed by atoms with E-state index in [9.17, 15) is 9.59 Å². The molecule has 0 aliphatic carbocycles. The average Bonchev–Trinajstić information content (AvgIpc) is 2.73. The van der Waals surface area contributed by atoms with E-state index in [4.69, 9.17) is 37.4 Å². The molecule has 0 spiro atoms. The highest BCUT2D eigenvalue weighted by Gasteiger charge is 2.14. The topological polar surface area (TPSA) is 98.2 Å². The first-order valence-corrected chi connectivity index (χ1v) is 9.55. The van der Waals surface area contributed by atoms with Gasteiger partial charge in [-0.05, 0) is 23.8 Å². The third-order valence-electron chi connectivity index (χ3n) is 3.76. The van der Waals surface area contributed by atoms with E-state index in [-0.39, 0.29) is 18.2 Å². The molecule has 0 heterocycles. The van der Waals surface area contributed by atoms with Crippen LogP contribution in [-0.2, 0) is 20.9 Å². The van der Waals surface area contributed by atoms with Gasteiger partial charge in [-0.1, -0.05) is 41.4 Å². The van der Waals surface area contributed by atoms with E-state index in [1.807, 2.05) is 18.2 Å². The second-order valence-electron chi connectivity index (χ2n) is 5.86. The van der Waals surface area contributed by atoms with Crippen molar-refractivity contribution in [2.24, 2.45) is 5.10 Å². The first kappa shape index (κ1) is 23.5. The average molecular weight is 454 g/mol. The monoisotopic (exact) mass is 453 g/mol. The number of methoxy groups -OCH3 is 2. The van der Waals surface area contributed by atoms with Gasteiger partial charge in [-0.25, -0.2) is 5.43 Å². The molecular formula is C20H21Cl2N3O5. The van der Waals surface area contributed by atoms with Crippen LogP contribution >= 0.6 is 23.2 Å². The van der Waals surface area contributed by atoms with Crippen molar-refractivity contribution in [1.29, 1.82) is 0 Å². The Hall–Kier alpha value is -2.81. The minimum atomic E-state index is -0.903. The molecule has 0 fully saturated rings. The molecule has 0 radical (unpaired) electrons. The van der Waals surface area contributed by atoms with Crippen molar-refractivity contribution in [3.63, 3.8) is 0 Å². The molecule has 0 unspecified atom stereocenters. The van der Waals surface area contributed by atoms with Gasteiger partial charge in [0.2, 0.25) is 0 Å². The summed E-state index contributed by atoms with van der Waals surface area (Å²) in [6, 6.07) is 10.5. The van der Waals surface area contributed by atoms with Crippen molar-refractivity contribution < 1.29 is 23.8 Å². The van der Waals surface area contributed by atoms with Gasteiger partial charge in [-0.15, -0.1) is 0 Å². The molecule has 0 atom stereocenters. The number of nitrogens with one attached hydrogen (secondary N) is 2. The molecule has 0 bridgehead atoms. The molecule has 0 saturated heterocycles. The highest BCUT2D eigenvalue weighted by Crippen LogP contribution is 2.37. The maximum absolute atomic E-state index is 11.7. The molecule has 30 heavy (non-hydrogen) atoms. The number of carbonyl (C=O) groups excluding carboxylic acids is 2. The normalized spacial score (nSPS) is 10.7. The predicted octanol–water partition coefficient (Wildman–Crippen LogP) is 2.79. The van der Waals surface area contributed by atoms with Gasteiger partial charge in [0.05, 0.1) is 25.0 Å². The van der Waals surface area contributed by atoms with Gasteiger partial charge in [0.15, 0.2) is 11.5 Å². The van der Waals surface area contributed by atoms with Gasteiger partial charge in [0, 0.05) is 24.2 Å². The Morgan fingerprint density at radius 1 is 1.10 bits per heavy atom. The van der Waals surface area contributed by atoms with Crippen LogP contribution in [0.4, 0.5) is 0 Å². The molecule has 2 aromatic carbocycles. The molecular weight excluding hydrogens is 433 g/mol. The molecule has 0 aromatic heterocycles. The lowest BCUT2D eigenvalue weighted by molar-refractivity contribution is -0.139. The number of rotatable bonds is 9. The Labute approximate surface area is 184 Å². The van der Waals surface area contributed by atoms with Crippen LogP contribution in [0.5, 0.6) is 11.5 Å². The summed E-state index contributed by atoms with van der Waals surface area (Å²) in [6.07, 6.45) is 1.33. The fraction of sp³-hybridized carbons (Fsp3) is 0.250. The summed E-state index contributed by atoms with van der Waals surface area (Å²) < 4.78 is 15.9. The lowest BCUT2D eigenvalue weighted by Crippen LogP contribution is -2.39. The van der Waals surface area contributed by atoms with E-state index in [0.29, 0.717) is 28.7 Å². The highest BCUT2D eigenvalue weighted by atomic mass is 35.5. The first-order chi connectivity index (χ1) is 14.5. The quantitative estimate of drug-likeness (QED) is 0.263. The Morgan fingerprint density at radius 2 is 1.87 bits per heavy atom. The van der Waals surface area contributed by atoms with Crippen LogP contribution in [0.25, 0.3) is 0 Å². The summed E-state index contributed by atoms with van der Waals surface area (Å²) in [4.78, 5) is 23.2. The SMILES string of the molecule is COCCNC(=O)C(=O)N/N=C\c1cc(Cl)c(OCc2ccccc2Cl)c(OC)c1. The number of ether oxygens (including phenoxy) is 3. The Balaban J connectivity index is 2.02. The van der Waals surface area contributed by atoms with Gasteiger partial charge >= 0.3 is 11.8 Å². The minimum Gasteiger partial charge on any atom is -0.493 e. The maximum atomic E-state index is 11.7. The van der Waals surface area contributed by atoms with Gasteiger partial charge in [0.25, 0.3) is 0 Å². The van der Waals surface area contributed by atoms with Gasteiger partial charge in [-0.3, -0.25) is 9.59 Å². The highest BCUT2D eigenvalue weighted by molar-refractivity contribution is 6.35. The van der Waals surface area contributed by atoms with Crippen LogP contribution in [0.2, 0.25) is 10.0 Å². The maximum Gasteiger partial charge on any atom is 0.329 e.